The molecular formula is C15H30N2O2. The molecule has 0 aliphatic carbocycles. The van der Waals surface area contributed by atoms with Gasteiger partial charge in [0.1, 0.15) is 5.60 Å². The zero-order valence-corrected chi connectivity index (χ0v) is 12.8. The van der Waals surface area contributed by atoms with Crippen molar-refractivity contribution in [3.05, 3.63) is 0 Å². The number of hydrogen-bond acceptors (Lipinski definition) is 4. The fourth-order valence-corrected chi connectivity index (χ4v) is 3.29. The Kier molecular flexibility index (Phi) is 5.63. The van der Waals surface area contributed by atoms with Crippen LogP contribution in [0.1, 0.15) is 33.1 Å². The van der Waals surface area contributed by atoms with E-state index >= 15 is 0 Å². The molecule has 1 N–H and O–H groups in total. The van der Waals surface area contributed by atoms with Gasteiger partial charge in [0.2, 0.25) is 0 Å². The predicted molar refractivity (Wildman–Crippen MR) is 77.5 cm³/mol. The van der Waals surface area contributed by atoms with Gasteiger partial charge in [-0.15, -0.1) is 0 Å². The Labute approximate surface area is 117 Å². The van der Waals surface area contributed by atoms with Crippen LogP contribution in [0, 0.1) is 5.92 Å². The third-order valence-electron chi connectivity index (χ3n) is 4.33. The van der Waals surface area contributed by atoms with Crippen molar-refractivity contribution in [2.45, 2.75) is 44.8 Å². The minimum absolute atomic E-state index is 0.0628. The molecule has 2 rings (SSSR count). The summed E-state index contributed by atoms with van der Waals surface area (Å²) in [5.41, 5.74) is -0.0628. The molecule has 0 spiro atoms. The molecule has 0 amide bonds. The summed E-state index contributed by atoms with van der Waals surface area (Å²) in [7, 11) is 1.83. The summed E-state index contributed by atoms with van der Waals surface area (Å²) in [6, 6.07) is 0.624. The van der Waals surface area contributed by atoms with Crippen LogP contribution in [0.25, 0.3) is 0 Å². The van der Waals surface area contributed by atoms with Gasteiger partial charge in [-0.05, 0) is 31.8 Å². The molecule has 4 nitrogen and oxygen atoms in total. The summed E-state index contributed by atoms with van der Waals surface area (Å²) in [4.78, 5) is 2.57. The van der Waals surface area contributed by atoms with Gasteiger partial charge in [0, 0.05) is 39.3 Å². The summed E-state index contributed by atoms with van der Waals surface area (Å²) in [6.45, 7) is 10.7. The fraction of sp³-hybridized carbons (Fsp3) is 1.00. The lowest BCUT2D eigenvalue weighted by Gasteiger charge is -2.34. The molecule has 4 heteroatoms. The van der Waals surface area contributed by atoms with Crippen molar-refractivity contribution >= 4 is 0 Å². The maximum Gasteiger partial charge on any atom is 0.106 e. The van der Waals surface area contributed by atoms with Crippen LogP contribution < -0.4 is 5.32 Å². The molecule has 2 heterocycles. The molecule has 2 saturated heterocycles. The van der Waals surface area contributed by atoms with Crippen molar-refractivity contribution in [2.75, 3.05) is 46.5 Å². The average molecular weight is 270 g/mol. The van der Waals surface area contributed by atoms with Crippen LogP contribution >= 0.6 is 0 Å². The Balaban J connectivity index is 1.90. The van der Waals surface area contributed by atoms with Gasteiger partial charge < -0.3 is 14.8 Å². The van der Waals surface area contributed by atoms with Crippen LogP contribution in [0.2, 0.25) is 0 Å². The minimum atomic E-state index is -0.0628. The first kappa shape index (κ1) is 15.2. The molecule has 2 aliphatic heterocycles. The van der Waals surface area contributed by atoms with Gasteiger partial charge in [0.05, 0.1) is 6.61 Å². The molecular weight excluding hydrogens is 240 g/mol. The number of hydrogen-bond donors (Lipinski definition) is 1. The summed E-state index contributed by atoms with van der Waals surface area (Å²) >= 11 is 0. The van der Waals surface area contributed by atoms with E-state index in [0.29, 0.717) is 6.04 Å². The first-order valence-electron chi connectivity index (χ1n) is 7.72. The highest BCUT2D eigenvalue weighted by Gasteiger charge is 2.37. The fourth-order valence-electron chi connectivity index (χ4n) is 3.29. The first-order valence-corrected chi connectivity index (χ1v) is 7.72. The van der Waals surface area contributed by atoms with Gasteiger partial charge in [-0.3, -0.25) is 4.90 Å². The minimum Gasteiger partial charge on any atom is -0.378 e. The van der Waals surface area contributed by atoms with Crippen LogP contribution in [0.3, 0.4) is 0 Å². The highest BCUT2D eigenvalue weighted by Crippen LogP contribution is 2.24. The lowest BCUT2D eigenvalue weighted by Crippen LogP contribution is -2.48. The normalized spacial score (nSPS) is 33.8. The third-order valence-corrected chi connectivity index (χ3v) is 4.33. The van der Waals surface area contributed by atoms with Gasteiger partial charge in [-0.2, -0.15) is 0 Å². The Bertz CT molecular complexity index is 265. The molecule has 0 aromatic carbocycles. The zero-order valence-electron chi connectivity index (χ0n) is 12.8. The molecule has 19 heavy (non-hydrogen) atoms. The molecule has 2 fully saturated rings. The van der Waals surface area contributed by atoms with E-state index in [1.807, 2.05) is 7.11 Å². The zero-order chi connectivity index (χ0) is 13.7. The lowest BCUT2D eigenvalue weighted by molar-refractivity contribution is -0.0411. The second-order valence-electron chi connectivity index (χ2n) is 6.56. The van der Waals surface area contributed by atoms with E-state index in [1.54, 1.807) is 0 Å². The molecule has 2 atom stereocenters. The van der Waals surface area contributed by atoms with Gasteiger partial charge in [-0.1, -0.05) is 13.8 Å². The first-order chi connectivity index (χ1) is 9.13. The molecule has 0 aromatic heterocycles. The van der Waals surface area contributed by atoms with Crippen molar-refractivity contribution in [1.29, 1.82) is 0 Å². The second kappa shape index (κ2) is 7.02. The smallest absolute Gasteiger partial charge is 0.106 e. The highest BCUT2D eigenvalue weighted by atomic mass is 16.5. The number of nitrogens with one attached hydrogen (secondary N) is 1. The van der Waals surface area contributed by atoms with Crippen molar-refractivity contribution < 1.29 is 9.47 Å². The van der Waals surface area contributed by atoms with E-state index < -0.39 is 0 Å². The van der Waals surface area contributed by atoms with E-state index in [2.05, 4.69) is 24.1 Å². The van der Waals surface area contributed by atoms with Gasteiger partial charge >= 0.3 is 0 Å². The quantitative estimate of drug-likeness (QED) is 0.821. The van der Waals surface area contributed by atoms with Crippen LogP contribution in [-0.2, 0) is 9.47 Å². The molecule has 0 aromatic rings. The van der Waals surface area contributed by atoms with Crippen LogP contribution in [0.4, 0.5) is 0 Å². The van der Waals surface area contributed by atoms with Crippen molar-refractivity contribution in [3.63, 3.8) is 0 Å². The van der Waals surface area contributed by atoms with Crippen LogP contribution in [0.15, 0.2) is 0 Å². The maximum atomic E-state index is 5.77. The molecule has 112 valence electrons. The Morgan fingerprint density at radius 3 is 2.95 bits per heavy atom. The monoisotopic (exact) mass is 270 g/mol. The van der Waals surface area contributed by atoms with Crippen molar-refractivity contribution in [3.8, 4) is 0 Å². The SMILES string of the molecule is COC1(CN2CCCNC(CC(C)C)C2)CCOC1. The molecule has 2 aliphatic rings. The summed E-state index contributed by atoms with van der Waals surface area (Å²) in [5.74, 6) is 0.753. The van der Waals surface area contributed by atoms with Gasteiger partial charge in [0.15, 0.2) is 0 Å². The van der Waals surface area contributed by atoms with Crippen LogP contribution in [0.5, 0.6) is 0 Å². The molecule has 0 bridgehead atoms. The van der Waals surface area contributed by atoms with Crippen molar-refractivity contribution in [1.82, 2.24) is 10.2 Å². The van der Waals surface area contributed by atoms with Gasteiger partial charge in [0.25, 0.3) is 0 Å². The average Bonchev–Trinajstić information content (AvgIpc) is 2.72. The number of methoxy groups -OCH3 is 1. The summed E-state index contributed by atoms with van der Waals surface area (Å²) in [5, 5.41) is 3.68. The molecule has 0 radical (unpaired) electrons. The Morgan fingerprint density at radius 1 is 1.47 bits per heavy atom. The molecule has 2 unspecified atom stereocenters. The van der Waals surface area contributed by atoms with E-state index in [-0.39, 0.29) is 5.60 Å². The van der Waals surface area contributed by atoms with Crippen LogP contribution in [-0.4, -0.2) is 63.0 Å². The van der Waals surface area contributed by atoms with E-state index in [0.717, 1.165) is 45.2 Å². The molecule has 0 saturated carbocycles. The Hall–Kier alpha value is -0.160. The number of rotatable bonds is 5. The summed E-state index contributed by atoms with van der Waals surface area (Å²) in [6.07, 6.45) is 3.52. The largest absolute Gasteiger partial charge is 0.378 e. The number of ether oxygens (including phenoxy) is 2. The van der Waals surface area contributed by atoms with Gasteiger partial charge in [-0.25, -0.2) is 0 Å². The lowest BCUT2D eigenvalue weighted by atomic mass is 10.0. The Morgan fingerprint density at radius 2 is 2.32 bits per heavy atom. The maximum absolute atomic E-state index is 5.77. The third kappa shape index (κ3) is 4.42. The van der Waals surface area contributed by atoms with Crippen molar-refractivity contribution in [2.24, 2.45) is 5.92 Å². The standard InChI is InChI=1S/C15H30N2O2/c1-13(2)9-14-10-17(7-4-6-16-14)11-15(18-3)5-8-19-12-15/h13-14,16H,4-12H2,1-3H3. The van der Waals surface area contributed by atoms with E-state index in [9.17, 15) is 0 Å². The second-order valence-corrected chi connectivity index (χ2v) is 6.56. The predicted octanol–water partition coefficient (Wildman–Crippen LogP) is 1.50. The van der Waals surface area contributed by atoms with E-state index in [4.69, 9.17) is 9.47 Å². The summed E-state index contributed by atoms with van der Waals surface area (Å²) < 4.78 is 11.3. The highest BCUT2D eigenvalue weighted by molar-refractivity contribution is 4.90. The number of nitrogens with zero attached hydrogens (tertiary/aromatic N) is 1. The van der Waals surface area contributed by atoms with E-state index in [1.165, 1.54) is 19.4 Å². The topological polar surface area (TPSA) is 33.7 Å².